The number of hydrogen-bond acceptors (Lipinski definition) is 10. The number of carbonyl (C=O) groups excluding carboxylic acids is 2. The summed E-state index contributed by atoms with van der Waals surface area (Å²) in [5, 5.41) is 14.2. The van der Waals surface area contributed by atoms with Gasteiger partial charge >= 0.3 is 12.3 Å². The first kappa shape index (κ1) is 22.7. The number of nitrogens with zero attached hydrogens (tertiary/aromatic N) is 1. The van der Waals surface area contributed by atoms with Gasteiger partial charge in [-0.15, -0.1) is 0 Å². The van der Waals surface area contributed by atoms with Crippen LogP contribution in [0.2, 0.25) is 0 Å². The average molecular weight is 422 g/mol. The summed E-state index contributed by atoms with van der Waals surface area (Å²) in [6.45, 7) is 3.42. The van der Waals surface area contributed by atoms with E-state index in [0.29, 0.717) is 17.0 Å². The predicted octanol–water partition coefficient (Wildman–Crippen LogP) is 3.33. The molecule has 0 spiro atoms. The zero-order valence-corrected chi connectivity index (χ0v) is 16.9. The lowest BCUT2D eigenvalue weighted by atomic mass is 9.90. The van der Waals surface area contributed by atoms with Crippen LogP contribution in [-0.4, -0.2) is 44.7 Å². The quantitative estimate of drug-likeness (QED) is 0.301. The molecule has 1 aromatic rings. The van der Waals surface area contributed by atoms with Crippen molar-refractivity contribution < 1.29 is 38.2 Å². The van der Waals surface area contributed by atoms with Crippen LogP contribution in [0, 0.1) is 10.1 Å². The van der Waals surface area contributed by atoms with Crippen LogP contribution in [-0.2, 0) is 23.7 Å². The van der Waals surface area contributed by atoms with Gasteiger partial charge < -0.3 is 29.0 Å². The Morgan fingerprint density at radius 1 is 1.07 bits per heavy atom. The molecule has 0 saturated heterocycles. The number of allylic oxidation sites excluding steroid dienone is 2. The van der Waals surface area contributed by atoms with E-state index in [9.17, 15) is 19.7 Å². The van der Waals surface area contributed by atoms with Crippen LogP contribution in [0.3, 0.4) is 0 Å². The van der Waals surface area contributed by atoms with Gasteiger partial charge in [0.25, 0.3) is 5.69 Å². The number of methoxy groups -OCH3 is 2. The molecule has 0 aliphatic carbocycles. The Labute approximate surface area is 172 Å². The van der Waals surface area contributed by atoms with Crippen molar-refractivity contribution in [3.05, 3.63) is 62.9 Å². The number of ether oxygens (including phenoxy) is 5. The first-order valence-electron chi connectivity index (χ1n) is 8.80. The first-order valence-corrected chi connectivity index (χ1v) is 8.80. The summed E-state index contributed by atoms with van der Waals surface area (Å²) in [5.41, 5.74) is 1.06. The Morgan fingerprint density at radius 2 is 1.70 bits per heavy atom. The van der Waals surface area contributed by atoms with E-state index in [1.54, 1.807) is 19.9 Å². The van der Waals surface area contributed by atoms with Crippen molar-refractivity contribution in [1.29, 1.82) is 0 Å². The maximum absolute atomic E-state index is 12.1. The molecule has 11 heteroatoms. The number of benzene rings is 1. The summed E-state index contributed by atoms with van der Waals surface area (Å²) >= 11 is 0. The Morgan fingerprint density at radius 3 is 2.27 bits per heavy atom. The number of rotatable bonds is 7. The molecule has 11 nitrogen and oxygen atoms in total. The van der Waals surface area contributed by atoms with Gasteiger partial charge in [-0.25, -0.2) is 9.59 Å². The average Bonchev–Trinajstić information content (AvgIpc) is 2.71. The lowest BCUT2D eigenvalue weighted by Crippen LogP contribution is -2.29. The van der Waals surface area contributed by atoms with E-state index in [-0.39, 0.29) is 30.4 Å². The van der Waals surface area contributed by atoms with Gasteiger partial charge in [0.2, 0.25) is 0 Å². The van der Waals surface area contributed by atoms with Crippen LogP contribution in [0.4, 0.5) is 15.3 Å². The van der Waals surface area contributed by atoms with Gasteiger partial charge in [0.1, 0.15) is 24.0 Å². The van der Waals surface area contributed by atoms with Crippen LogP contribution in [0.25, 0.3) is 0 Å². The van der Waals surface area contributed by atoms with Crippen molar-refractivity contribution >= 4 is 18.0 Å². The van der Waals surface area contributed by atoms with Crippen molar-refractivity contribution in [3.63, 3.8) is 0 Å². The summed E-state index contributed by atoms with van der Waals surface area (Å²) < 4.78 is 25.0. The maximum Gasteiger partial charge on any atom is 0.513 e. The molecule has 1 atom stereocenters. The molecule has 1 heterocycles. The third-order valence-electron chi connectivity index (χ3n) is 4.11. The summed E-state index contributed by atoms with van der Waals surface area (Å²) in [6.07, 6.45) is -2.00. The molecule has 1 N–H and O–H groups in total. The number of nitrogens with one attached hydrogen (secondary N) is 1. The molecular weight excluding hydrogens is 400 g/mol. The molecule has 30 heavy (non-hydrogen) atoms. The summed E-state index contributed by atoms with van der Waals surface area (Å²) in [5.74, 6) is -0.824. The van der Waals surface area contributed by atoms with E-state index in [0.717, 1.165) is 7.11 Å². The van der Waals surface area contributed by atoms with Gasteiger partial charge in [-0.2, -0.15) is 0 Å². The second kappa shape index (κ2) is 10.3. The standard InChI is InChI=1S/C19H22N2O9/c1-11-16(29-18(22)27-4)15(13-6-5-7-14(10-13)21(24)25)17(12(2)20-11)30-19(23)28-9-8-26-3/h5-7,10,15,20H,8-9H2,1-4H3. The van der Waals surface area contributed by atoms with Crippen molar-refractivity contribution in [2.45, 2.75) is 19.8 Å². The van der Waals surface area contributed by atoms with Gasteiger partial charge in [0.05, 0.1) is 30.0 Å². The summed E-state index contributed by atoms with van der Waals surface area (Å²) in [6, 6.07) is 5.68. The minimum absolute atomic E-state index is 0.0308. The summed E-state index contributed by atoms with van der Waals surface area (Å²) in [7, 11) is 2.59. The van der Waals surface area contributed by atoms with Crippen molar-refractivity contribution in [3.8, 4) is 0 Å². The van der Waals surface area contributed by atoms with E-state index < -0.39 is 23.2 Å². The summed E-state index contributed by atoms with van der Waals surface area (Å²) in [4.78, 5) is 34.6. The van der Waals surface area contributed by atoms with Crippen LogP contribution < -0.4 is 5.32 Å². The molecule has 1 aliphatic heterocycles. The Kier molecular flexibility index (Phi) is 7.76. The minimum Gasteiger partial charge on any atom is -0.437 e. The highest BCUT2D eigenvalue weighted by Gasteiger charge is 2.36. The third kappa shape index (κ3) is 5.47. The Bertz CT molecular complexity index is 892. The number of hydrogen-bond donors (Lipinski definition) is 1. The smallest absolute Gasteiger partial charge is 0.437 e. The van der Waals surface area contributed by atoms with E-state index in [4.69, 9.17) is 18.9 Å². The molecular formula is C19H22N2O9. The highest BCUT2D eigenvalue weighted by atomic mass is 16.7. The fourth-order valence-electron chi connectivity index (χ4n) is 2.81. The lowest BCUT2D eigenvalue weighted by Gasteiger charge is -2.30. The molecule has 0 fully saturated rings. The Balaban J connectivity index is 2.48. The van der Waals surface area contributed by atoms with Crippen LogP contribution in [0.1, 0.15) is 25.3 Å². The van der Waals surface area contributed by atoms with Gasteiger partial charge in [-0.05, 0) is 19.4 Å². The second-order valence-electron chi connectivity index (χ2n) is 6.14. The molecule has 1 unspecified atom stereocenters. The SMILES string of the molecule is COCCOC(=O)OC1=C(C)NC(C)=C(OC(=O)OC)C1c1cccc([N+](=O)[O-])c1. The van der Waals surface area contributed by atoms with Crippen molar-refractivity contribution in [2.75, 3.05) is 27.4 Å². The number of nitro benzene ring substituents is 1. The van der Waals surface area contributed by atoms with E-state index in [1.807, 2.05) is 0 Å². The van der Waals surface area contributed by atoms with E-state index in [1.165, 1.54) is 25.3 Å². The highest BCUT2D eigenvalue weighted by molar-refractivity contribution is 5.65. The zero-order valence-electron chi connectivity index (χ0n) is 16.9. The molecule has 0 saturated carbocycles. The van der Waals surface area contributed by atoms with Crippen LogP contribution in [0.5, 0.6) is 0 Å². The van der Waals surface area contributed by atoms with Crippen molar-refractivity contribution in [2.24, 2.45) is 0 Å². The first-order chi connectivity index (χ1) is 14.3. The third-order valence-corrected chi connectivity index (χ3v) is 4.11. The Hall–Kier alpha value is -3.60. The molecule has 0 bridgehead atoms. The molecule has 0 amide bonds. The zero-order chi connectivity index (χ0) is 22.3. The van der Waals surface area contributed by atoms with Gasteiger partial charge in [-0.1, -0.05) is 12.1 Å². The molecule has 162 valence electrons. The highest BCUT2D eigenvalue weighted by Crippen LogP contribution is 2.40. The topological polar surface area (TPSA) is 135 Å². The molecule has 1 aromatic carbocycles. The number of carbonyl (C=O) groups is 2. The van der Waals surface area contributed by atoms with Gasteiger partial charge in [0.15, 0.2) is 0 Å². The normalized spacial score (nSPS) is 15.9. The van der Waals surface area contributed by atoms with Gasteiger partial charge in [-0.3, -0.25) is 10.1 Å². The van der Waals surface area contributed by atoms with Gasteiger partial charge in [0, 0.05) is 19.2 Å². The maximum atomic E-state index is 12.1. The number of dihydropyridines is 1. The number of nitro groups is 1. The van der Waals surface area contributed by atoms with E-state index in [2.05, 4.69) is 10.1 Å². The second-order valence-corrected chi connectivity index (χ2v) is 6.14. The lowest BCUT2D eigenvalue weighted by molar-refractivity contribution is -0.384. The number of non-ortho nitro benzene ring substituents is 1. The molecule has 0 radical (unpaired) electrons. The predicted molar refractivity (Wildman–Crippen MR) is 102 cm³/mol. The molecule has 2 rings (SSSR count). The fourth-order valence-corrected chi connectivity index (χ4v) is 2.81. The van der Waals surface area contributed by atoms with Crippen molar-refractivity contribution in [1.82, 2.24) is 5.32 Å². The largest absolute Gasteiger partial charge is 0.513 e. The fraction of sp³-hybridized carbons (Fsp3) is 0.368. The minimum atomic E-state index is -1.00. The monoisotopic (exact) mass is 422 g/mol. The molecule has 1 aliphatic rings. The van der Waals surface area contributed by atoms with Crippen LogP contribution in [0.15, 0.2) is 47.2 Å². The molecule has 0 aromatic heterocycles. The van der Waals surface area contributed by atoms with E-state index >= 15 is 0 Å². The van der Waals surface area contributed by atoms with Crippen LogP contribution >= 0.6 is 0 Å².